The van der Waals surface area contributed by atoms with Crippen LogP contribution in [0.15, 0.2) is 42.5 Å². The van der Waals surface area contributed by atoms with Crippen molar-refractivity contribution in [3.8, 4) is 0 Å². The zero-order valence-electron chi connectivity index (χ0n) is 13.8. The third-order valence-corrected chi connectivity index (χ3v) is 6.02. The number of amides is 1. The van der Waals surface area contributed by atoms with Gasteiger partial charge < -0.3 is 10.2 Å². The van der Waals surface area contributed by atoms with Gasteiger partial charge in [0.1, 0.15) is 6.04 Å². The molecule has 0 saturated carbocycles. The number of quaternary nitrogens is 1. The van der Waals surface area contributed by atoms with E-state index in [2.05, 4.69) is 23.3 Å². The van der Waals surface area contributed by atoms with Crippen molar-refractivity contribution in [2.24, 2.45) is 0 Å². The third kappa shape index (κ3) is 4.30. The van der Waals surface area contributed by atoms with Gasteiger partial charge in [-0.15, -0.1) is 11.3 Å². The lowest BCUT2D eigenvalue weighted by atomic mass is 10.3. The van der Waals surface area contributed by atoms with E-state index in [-0.39, 0.29) is 11.9 Å². The summed E-state index contributed by atoms with van der Waals surface area (Å²) in [6.45, 7) is 2.41. The number of hydrogen-bond acceptors (Lipinski definition) is 3. The molecule has 0 aliphatic heterocycles. The van der Waals surface area contributed by atoms with Crippen LogP contribution in [-0.4, -0.2) is 24.5 Å². The van der Waals surface area contributed by atoms with Crippen LogP contribution in [0.25, 0.3) is 10.2 Å². The Labute approximate surface area is 160 Å². The molecule has 4 nitrogen and oxygen atoms in total. The summed E-state index contributed by atoms with van der Waals surface area (Å²) in [5, 5.41) is 4.77. The fourth-order valence-corrected chi connectivity index (χ4v) is 3.88. The van der Waals surface area contributed by atoms with Gasteiger partial charge >= 0.3 is 0 Å². The molecule has 0 saturated heterocycles. The number of nitrogens with zero attached hydrogens (tertiary/aromatic N) is 1. The quantitative estimate of drug-likeness (QED) is 0.690. The second-order valence-electron chi connectivity index (χ2n) is 5.94. The standard InChI is InChI=1S/C18H17Cl2N3OS/c1-11(18-22-15-5-3-4-6-16(15)25-18)23(2)10-17(24)21-12-7-8-13(19)14(20)9-12/h3-9,11H,10H2,1-2H3,(H,21,24)/p+1/t11-/m0/s1. The number of hydrogen-bond donors (Lipinski definition) is 2. The first-order valence-electron chi connectivity index (χ1n) is 7.86. The normalized spacial score (nSPS) is 13.6. The van der Waals surface area contributed by atoms with Crippen LogP contribution in [0.2, 0.25) is 10.0 Å². The number of fused-ring (bicyclic) bond motifs is 1. The molecule has 2 aromatic carbocycles. The minimum atomic E-state index is -0.0798. The van der Waals surface area contributed by atoms with Crippen LogP contribution < -0.4 is 10.2 Å². The van der Waals surface area contributed by atoms with Gasteiger partial charge in [-0.05, 0) is 37.3 Å². The van der Waals surface area contributed by atoms with Crippen molar-refractivity contribution in [2.45, 2.75) is 13.0 Å². The summed E-state index contributed by atoms with van der Waals surface area (Å²) in [7, 11) is 1.99. The molecule has 1 aromatic heterocycles. The molecule has 130 valence electrons. The number of carbonyl (C=O) groups excluding carboxylic acids is 1. The summed E-state index contributed by atoms with van der Waals surface area (Å²) in [4.78, 5) is 18.0. The van der Waals surface area contributed by atoms with Crippen molar-refractivity contribution < 1.29 is 9.69 Å². The van der Waals surface area contributed by atoms with Crippen LogP contribution in [-0.2, 0) is 4.79 Å². The van der Waals surface area contributed by atoms with Gasteiger partial charge in [-0.3, -0.25) is 4.79 Å². The van der Waals surface area contributed by atoms with E-state index in [0.717, 1.165) is 20.1 Å². The number of carbonyl (C=O) groups is 1. The monoisotopic (exact) mass is 394 g/mol. The Hall–Kier alpha value is -1.66. The van der Waals surface area contributed by atoms with Crippen molar-refractivity contribution in [3.63, 3.8) is 0 Å². The molecule has 2 N–H and O–H groups in total. The number of para-hydroxylation sites is 1. The predicted molar refractivity (Wildman–Crippen MR) is 105 cm³/mol. The maximum atomic E-state index is 12.3. The number of rotatable bonds is 5. The summed E-state index contributed by atoms with van der Waals surface area (Å²) in [6, 6.07) is 13.2. The molecule has 1 heterocycles. The molecular weight excluding hydrogens is 377 g/mol. The first-order valence-corrected chi connectivity index (χ1v) is 9.44. The molecule has 0 fully saturated rings. The highest BCUT2D eigenvalue weighted by molar-refractivity contribution is 7.18. The van der Waals surface area contributed by atoms with Crippen molar-refractivity contribution in [3.05, 3.63) is 57.5 Å². The third-order valence-electron chi connectivity index (χ3n) is 4.06. The first-order chi connectivity index (χ1) is 11.9. The van der Waals surface area contributed by atoms with Crippen molar-refractivity contribution in [1.82, 2.24) is 4.98 Å². The van der Waals surface area contributed by atoms with Gasteiger partial charge in [-0.2, -0.15) is 0 Å². The summed E-state index contributed by atoms with van der Waals surface area (Å²) in [5.74, 6) is -0.0798. The number of nitrogens with one attached hydrogen (secondary N) is 2. The van der Waals surface area contributed by atoms with Crippen molar-refractivity contribution in [1.29, 1.82) is 0 Å². The van der Waals surface area contributed by atoms with Crippen molar-refractivity contribution in [2.75, 3.05) is 18.9 Å². The summed E-state index contributed by atoms with van der Waals surface area (Å²) in [6.07, 6.45) is 0. The summed E-state index contributed by atoms with van der Waals surface area (Å²) >= 11 is 13.5. The molecule has 3 rings (SSSR count). The zero-order valence-corrected chi connectivity index (χ0v) is 16.2. The Morgan fingerprint density at radius 2 is 2.00 bits per heavy atom. The number of likely N-dealkylation sites (N-methyl/N-ethyl adjacent to an activating group) is 1. The van der Waals surface area contributed by atoms with E-state index in [9.17, 15) is 4.79 Å². The molecule has 1 unspecified atom stereocenters. The van der Waals surface area contributed by atoms with Crippen LogP contribution in [0.5, 0.6) is 0 Å². The highest BCUT2D eigenvalue weighted by Crippen LogP contribution is 2.25. The van der Waals surface area contributed by atoms with E-state index in [4.69, 9.17) is 23.2 Å². The Kier molecular flexibility index (Phi) is 5.59. The van der Waals surface area contributed by atoms with E-state index < -0.39 is 0 Å². The minimum Gasteiger partial charge on any atom is -0.322 e. The maximum Gasteiger partial charge on any atom is 0.279 e. The molecule has 0 aliphatic rings. The molecule has 0 aliphatic carbocycles. The smallest absolute Gasteiger partial charge is 0.279 e. The van der Waals surface area contributed by atoms with Crippen LogP contribution in [0.4, 0.5) is 5.69 Å². The minimum absolute atomic E-state index is 0.0798. The Morgan fingerprint density at radius 1 is 1.24 bits per heavy atom. The van der Waals surface area contributed by atoms with Crippen LogP contribution in [0.1, 0.15) is 18.0 Å². The van der Waals surface area contributed by atoms with E-state index in [1.807, 2.05) is 25.2 Å². The molecule has 25 heavy (non-hydrogen) atoms. The molecular formula is C18H18Cl2N3OS+. The summed E-state index contributed by atoms with van der Waals surface area (Å²) in [5.41, 5.74) is 1.64. The average Bonchev–Trinajstić information content (AvgIpc) is 3.01. The molecule has 1 amide bonds. The lowest BCUT2D eigenvalue weighted by Crippen LogP contribution is -3.10. The molecule has 0 spiro atoms. The number of thiazole rings is 1. The number of halogens is 2. The van der Waals surface area contributed by atoms with Gasteiger partial charge in [0, 0.05) is 5.69 Å². The lowest BCUT2D eigenvalue weighted by molar-refractivity contribution is -0.902. The lowest BCUT2D eigenvalue weighted by Gasteiger charge is -2.19. The van der Waals surface area contributed by atoms with Gasteiger partial charge in [-0.25, -0.2) is 4.98 Å². The van der Waals surface area contributed by atoms with E-state index >= 15 is 0 Å². The Balaban J connectivity index is 1.64. The molecule has 0 radical (unpaired) electrons. The van der Waals surface area contributed by atoms with E-state index in [1.54, 1.807) is 29.5 Å². The fraction of sp³-hybridized carbons (Fsp3) is 0.222. The number of aromatic nitrogens is 1. The SMILES string of the molecule is C[C@@H](c1nc2ccccc2s1)[NH+](C)CC(=O)Nc1ccc(Cl)c(Cl)c1. The van der Waals surface area contributed by atoms with Crippen LogP contribution in [0, 0.1) is 0 Å². The summed E-state index contributed by atoms with van der Waals surface area (Å²) < 4.78 is 1.16. The highest BCUT2D eigenvalue weighted by Gasteiger charge is 2.22. The average molecular weight is 395 g/mol. The van der Waals surface area contributed by atoms with Gasteiger partial charge in [0.05, 0.1) is 27.3 Å². The topological polar surface area (TPSA) is 46.4 Å². The Morgan fingerprint density at radius 3 is 2.72 bits per heavy atom. The van der Waals surface area contributed by atoms with Gasteiger partial charge in [0.25, 0.3) is 5.91 Å². The van der Waals surface area contributed by atoms with E-state index in [0.29, 0.717) is 22.3 Å². The van der Waals surface area contributed by atoms with Crippen LogP contribution in [0.3, 0.4) is 0 Å². The first kappa shape index (κ1) is 18.1. The fourth-order valence-electron chi connectivity index (χ4n) is 2.47. The largest absolute Gasteiger partial charge is 0.322 e. The number of benzene rings is 2. The van der Waals surface area contributed by atoms with Gasteiger partial charge in [-0.1, -0.05) is 35.3 Å². The zero-order chi connectivity index (χ0) is 18.0. The Bertz CT molecular complexity index is 879. The van der Waals surface area contributed by atoms with Crippen molar-refractivity contribution >= 4 is 56.3 Å². The van der Waals surface area contributed by atoms with E-state index in [1.165, 1.54) is 0 Å². The molecule has 3 aromatic rings. The van der Waals surface area contributed by atoms with Gasteiger partial charge in [0.2, 0.25) is 0 Å². The second-order valence-corrected chi connectivity index (χ2v) is 7.82. The van der Waals surface area contributed by atoms with Gasteiger partial charge in [0.15, 0.2) is 11.6 Å². The predicted octanol–water partition coefficient (Wildman–Crippen LogP) is 3.82. The molecule has 2 atom stereocenters. The molecule has 7 heteroatoms. The van der Waals surface area contributed by atoms with Crippen LogP contribution >= 0.6 is 34.5 Å². The molecule has 0 bridgehead atoms. The highest BCUT2D eigenvalue weighted by atomic mass is 35.5. The maximum absolute atomic E-state index is 12.3. The second kappa shape index (κ2) is 7.70. The number of anilines is 1.